The summed E-state index contributed by atoms with van der Waals surface area (Å²) in [6.45, 7) is 23.7. The van der Waals surface area contributed by atoms with Gasteiger partial charge in [-0.05, 0) is 0 Å². The van der Waals surface area contributed by atoms with Gasteiger partial charge in [0.05, 0.1) is 0 Å². The van der Waals surface area contributed by atoms with Crippen molar-refractivity contribution < 1.29 is 51.7 Å². The van der Waals surface area contributed by atoms with Crippen LogP contribution in [0.1, 0.15) is 55.4 Å². The summed E-state index contributed by atoms with van der Waals surface area (Å²) in [5.74, 6) is 0. The standard InChI is InChI=1S/8C3H8N.2Hf/c8*1-3-4-2;;/h8*3H2,1-2H3;;/q8*-1;2*+4. The van der Waals surface area contributed by atoms with Gasteiger partial charge in [0, 0.05) is 0 Å². The largest absolute Gasteiger partial charge is 4.00 e. The van der Waals surface area contributed by atoms with E-state index in [0.717, 1.165) is 52.4 Å². The van der Waals surface area contributed by atoms with Crippen LogP contribution in [0.4, 0.5) is 0 Å². The van der Waals surface area contributed by atoms with Gasteiger partial charge in [-0.1, -0.05) is 55.4 Å². The molecule has 0 saturated carbocycles. The third-order valence-corrected chi connectivity index (χ3v) is 2.53. The summed E-state index contributed by atoms with van der Waals surface area (Å²) >= 11 is 0. The fourth-order valence-corrected chi connectivity index (χ4v) is 0. The normalized spacial score (nSPS) is 7.06. The molecule has 0 saturated heterocycles. The minimum atomic E-state index is 0. The van der Waals surface area contributed by atoms with Gasteiger partial charge < -0.3 is 42.5 Å². The van der Waals surface area contributed by atoms with Crippen molar-refractivity contribution in [2.75, 3.05) is 109 Å². The van der Waals surface area contributed by atoms with Crippen molar-refractivity contribution in [2.24, 2.45) is 0 Å². The maximum atomic E-state index is 3.74. The molecule has 0 aliphatic heterocycles. The number of hydrogen-bond donors (Lipinski definition) is 0. The molecule has 0 rings (SSSR count). The Hall–Kier alpha value is 1.42. The van der Waals surface area contributed by atoms with E-state index in [4.69, 9.17) is 0 Å². The Balaban J connectivity index is -0.0000000240. The summed E-state index contributed by atoms with van der Waals surface area (Å²) in [6, 6.07) is 0. The Morgan fingerprint density at radius 3 is 0.265 bits per heavy atom. The van der Waals surface area contributed by atoms with E-state index < -0.39 is 0 Å². The molecule has 0 aliphatic rings. The smallest absolute Gasteiger partial charge is 0.665 e. The molecular weight excluding hydrogens is 757 g/mol. The van der Waals surface area contributed by atoms with Gasteiger partial charge in [0.2, 0.25) is 0 Å². The van der Waals surface area contributed by atoms with Crippen molar-refractivity contribution >= 4 is 0 Å². The Morgan fingerprint density at radius 2 is 0.265 bits per heavy atom. The van der Waals surface area contributed by atoms with Crippen molar-refractivity contribution in [1.82, 2.24) is 0 Å². The van der Waals surface area contributed by atoms with Gasteiger partial charge in [-0.3, -0.25) is 0 Å². The van der Waals surface area contributed by atoms with Crippen LogP contribution in [0.25, 0.3) is 42.5 Å². The van der Waals surface area contributed by atoms with Crippen molar-refractivity contribution in [3.05, 3.63) is 42.5 Å². The van der Waals surface area contributed by atoms with Crippen LogP contribution in [0.3, 0.4) is 0 Å². The summed E-state index contributed by atoms with van der Waals surface area (Å²) in [5.41, 5.74) is 0. The van der Waals surface area contributed by atoms with E-state index in [-0.39, 0.29) is 51.7 Å². The molecule has 34 heavy (non-hydrogen) atoms. The molecule has 10 heteroatoms. The molecule has 0 aromatic rings. The third-order valence-electron chi connectivity index (χ3n) is 2.53. The first-order valence-corrected chi connectivity index (χ1v) is 11.8. The maximum Gasteiger partial charge on any atom is 4.00 e. The molecule has 8 nitrogen and oxygen atoms in total. The average Bonchev–Trinajstić information content (AvgIpc) is 2.89. The topological polar surface area (TPSA) is 113 Å². The summed E-state index contributed by atoms with van der Waals surface area (Å²) < 4.78 is 0. The van der Waals surface area contributed by atoms with E-state index in [9.17, 15) is 0 Å². The molecule has 0 radical (unpaired) electrons. The average molecular weight is 822 g/mol. The summed E-state index contributed by atoms with van der Waals surface area (Å²) in [5, 5.41) is 29.9. The second-order valence-electron chi connectivity index (χ2n) is 5.06. The molecule has 0 fully saturated rings. The Kier molecular flexibility index (Phi) is 242. The van der Waals surface area contributed by atoms with Crippen LogP contribution < -0.4 is 0 Å². The van der Waals surface area contributed by atoms with Crippen LogP contribution in [0.5, 0.6) is 0 Å². The zero-order chi connectivity index (χ0) is 27.3. The third kappa shape index (κ3) is 396. The molecule has 0 amide bonds. The second kappa shape index (κ2) is 127. The van der Waals surface area contributed by atoms with Crippen molar-refractivity contribution in [3.63, 3.8) is 0 Å². The van der Waals surface area contributed by atoms with Crippen molar-refractivity contribution in [1.29, 1.82) is 0 Å². The zero-order valence-corrected chi connectivity index (χ0v) is 33.4. The molecule has 0 aliphatic carbocycles. The van der Waals surface area contributed by atoms with Crippen LogP contribution in [-0.4, -0.2) is 109 Å². The van der Waals surface area contributed by atoms with Gasteiger partial charge in [0.15, 0.2) is 0 Å². The van der Waals surface area contributed by atoms with Crippen LogP contribution in [-0.2, 0) is 51.7 Å². The molecule has 0 aromatic carbocycles. The molecule has 0 unspecified atom stereocenters. The van der Waals surface area contributed by atoms with E-state index in [1.54, 1.807) is 56.4 Å². The first kappa shape index (κ1) is 64.9. The minimum Gasteiger partial charge on any atom is -0.665 e. The maximum absolute atomic E-state index is 3.74. The quantitative estimate of drug-likeness (QED) is 0.221. The van der Waals surface area contributed by atoms with Crippen LogP contribution in [0, 0.1) is 0 Å². The molecule has 0 heterocycles. The number of hydrogen-bond acceptors (Lipinski definition) is 0. The Labute approximate surface area is 256 Å². The number of rotatable bonds is 8. The predicted molar refractivity (Wildman–Crippen MR) is 159 cm³/mol. The van der Waals surface area contributed by atoms with Gasteiger partial charge in [-0.15, -0.1) is 0 Å². The van der Waals surface area contributed by atoms with Gasteiger partial charge in [-0.25, -0.2) is 0 Å². The predicted octanol–water partition coefficient (Wildman–Crippen LogP) is 8.07. The molecule has 0 spiro atoms. The van der Waals surface area contributed by atoms with E-state index >= 15 is 0 Å². The molecule has 0 N–H and O–H groups in total. The molecule has 0 atom stereocenters. The van der Waals surface area contributed by atoms with Crippen molar-refractivity contribution in [3.8, 4) is 0 Å². The fourth-order valence-electron chi connectivity index (χ4n) is 0. The summed E-state index contributed by atoms with van der Waals surface area (Å²) in [7, 11) is 14.4. The van der Waals surface area contributed by atoms with E-state index in [0.29, 0.717) is 0 Å². The second-order valence-corrected chi connectivity index (χ2v) is 5.06. The zero-order valence-electron chi connectivity index (χ0n) is 26.2. The van der Waals surface area contributed by atoms with Crippen molar-refractivity contribution in [2.45, 2.75) is 55.4 Å². The monoisotopic (exact) mass is 824 g/mol. The van der Waals surface area contributed by atoms with Gasteiger partial charge in [-0.2, -0.15) is 109 Å². The minimum absolute atomic E-state index is 0. The van der Waals surface area contributed by atoms with E-state index in [1.165, 1.54) is 0 Å². The molecular formula is C24H64Hf2N8. The fraction of sp³-hybridized carbons (Fsp3) is 1.00. The van der Waals surface area contributed by atoms with Gasteiger partial charge in [0.25, 0.3) is 0 Å². The molecule has 208 valence electrons. The van der Waals surface area contributed by atoms with E-state index in [1.807, 2.05) is 55.4 Å². The Morgan fingerprint density at radius 1 is 0.235 bits per heavy atom. The van der Waals surface area contributed by atoms with Crippen LogP contribution in [0.2, 0.25) is 0 Å². The summed E-state index contributed by atoms with van der Waals surface area (Å²) in [4.78, 5) is 0. The van der Waals surface area contributed by atoms with E-state index in [2.05, 4.69) is 42.5 Å². The van der Waals surface area contributed by atoms with Crippen LogP contribution in [0.15, 0.2) is 0 Å². The van der Waals surface area contributed by atoms with Gasteiger partial charge >= 0.3 is 51.7 Å². The molecule has 0 bridgehead atoms. The van der Waals surface area contributed by atoms with Gasteiger partial charge in [0.1, 0.15) is 0 Å². The summed E-state index contributed by atoms with van der Waals surface area (Å²) in [6.07, 6.45) is 0. The first-order chi connectivity index (χ1) is 15.3. The Bertz CT molecular complexity index is 101. The first-order valence-electron chi connectivity index (χ1n) is 11.8. The number of nitrogens with zero attached hydrogens (tertiary/aromatic N) is 8. The SMILES string of the molecule is CC[N-]C.CC[N-]C.CC[N-]C.CC[N-]C.CC[N-]C.CC[N-]C.CC[N-]C.CC[N-]C.[Hf+4].[Hf+4]. The van der Waals surface area contributed by atoms with Crippen LogP contribution >= 0.6 is 0 Å². The molecule has 0 aromatic heterocycles.